The van der Waals surface area contributed by atoms with Gasteiger partial charge >= 0.3 is 0 Å². The first-order valence-corrected chi connectivity index (χ1v) is 12.6. The molecule has 0 aliphatic rings. The van der Waals surface area contributed by atoms with Crippen LogP contribution in [-0.4, -0.2) is 77.8 Å². The molecule has 2 aromatic heterocycles. The van der Waals surface area contributed by atoms with E-state index in [1.54, 1.807) is 30.1 Å². The number of aromatic nitrogens is 4. The first-order valence-electron chi connectivity index (χ1n) is 12.6. The molecule has 0 saturated heterocycles. The molecule has 0 radical (unpaired) electrons. The number of rotatable bonds is 12. The largest absolute Gasteiger partial charge is 0.494 e. The smallest absolute Gasteiger partial charge is 0.247 e. The zero-order chi connectivity index (χ0) is 28.8. The first-order chi connectivity index (χ1) is 19.2. The molecule has 2 amide bonds. The Kier molecular flexibility index (Phi) is 8.60. The van der Waals surface area contributed by atoms with E-state index in [0.717, 1.165) is 29.7 Å². The number of hydrogen-bond donors (Lipinski definition) is 3. The Bertz CT molecular complexity index is 1550. The maximum atomic E-state index is 12.3. The van der Waals surface area contributed by atoms with Crippen molar-refractivity contribution >= 4 is 45.7 Å². The molecule has 4 N–H and O–H groups in total. The second-order valence-corrected chi connectivity index (χ2v) is 9.37. The topological polar surface area (TPSA) is 144 Å². The van der Waals surface area contributed by atoms with Crippen molar-refractivity contribution in [3.63, 3.8) is 0 Å². The summed E-state index contributed by atoms with van der Waals surface area (Å²) in [4.78, 5) is 37.0. The Hall–Kier alpha value is -4.97. The van der Waals surface area contributed by atoms with Crippen LogP contribution in [0.5, 0.6) is 5.75 Å². The summed E-state index contributed by atoms with van der Waals surface area (Å²) in [5.74, 6) is -0.00492. The Morgan fingerprint density at radius 2 is 1.90 bits per heavy atom. The standard InChI is InChI=1S/C28H33N9O3/c1-6-26(39)31-20-15-21(24(40-5)16-23(20)36(4)14-13-35(2)3)33-28-30-12-11-19(32-28)27-18-9-7-8-10-22(18)37(34-27)17-25(29)38/h6-12,15-16H,1,13-14,17H2,2-5H3,(H2,29,38)(H,31,39)(H,30,32,33). The van der Waals surface area contributed by atoms with E-state index in [-0.39, 0.29) is 12.5 Å². The van der Waals surface area contributed by atoms with E-state index in [4.69, 9.17) is 10.5 Å². The number of anilines is 4. The van der Waals surface area contributed by atoms with Crippen LogP contribution >= 0.6 is 0 Å². The lowest BCUT2D eigenvalue weighted by atomic mass is 10.1. The normalized spacial score (nSPS) is 10.9. The average molecular weight is 544 g/mol. The third-order valence-corrected chi connectivity index (χ3v) is 6.16. The summed E-state index contributed by atoms with van der Waals surface area (Å²) in [5, 5.41) is 11.5. The quantitative estimate of drug-likeness (QED) is 0.230. The van der Waals surface area contributed by atoms with Crippen LogP contribution in [0.1, 0.15) is 0 Å². The van der Waals surface area contributed by atoms with Crippen LogP contribution in [0.15, 0.2) is 61.3 Å². The first kappa shape index (κ1) is 28.0. The van der Waals surface area contributed by atoms with Gasteiger partial charge in [0, 0.05) is 37.8 Å². The number of nitrogens with zero attached hydrogens (tertiary/aromatic N) is 6. The van der Waals surface area contributed by atoms with Crippen molar-refractivity contribution in [3.8, 4) is 17.1 Å². The number of amides is 2. The minimum absolute atomic E-state index is 0.0531. The number of nitrogens with two attached hydrogens (primary N) is 1. The second kappa shape index (κ2) is 12.3. The SMILES string of the molecule is C=CC(=O)Nc1cc(Nc2nccc(-c3nn(CC(N)=O)c4ccccc34)n2)c(OC)cc1N(C)CCN(C)C. The second-order valence-electron chi connectivity index (χ2n) is 9.37. The number of methoxy groups -OCH3 is 1. The fraction of sp³-hybridized carbons (Fsp3) is 0.250. The lowest BCUT2D eigenvalue weighted by Gasteiger charge is -2.26. The van der Waals surface area contributed by atoms with Crippen molar-refractivity contribution in [2.75, 3.05) is 56.9 Å². The van der Waals surface area contributed by atoms with Gasteiger partial charge in [-0.05, 0) is 38.4 Å². The average Bonchev–Trinajstić information content (AvgIpc) is 3.29. The lowest BCUT2D eigenvalue weighted by molar-refractivity contribution is -0.118. The summed E-state index contributed by atoms with van der Waals surface area (Å²) >= 11 is 0. The Balaban J connectivity index is 1.72. The molecule has 0 saturated carbocycles. The fourth-order valence-electron chi connectivity index (χ4n) is 4.16. The van der Waals surface area contributed by atoms with Gasteiger partial charge in [-0.1, -0.05) is 24.8 Å². The molecule has 0 atom stereocenters. The summed E-state index contributed by atoms with van der Waals surface area (Å²) < 4.78 is 7.25. The summed E-state index contributed by atoms with van der Waals surface area (Å²) in [6.07, 6.45) is 2.83. The van der Waals surface area contributed by atoms with Gasteiger partial charge in [0.15, 0.2) is 0 Å². The summed E-state index contributed by atoms with van der Waals surface area (Å²) in [6, 6.07) is 12.9. The molecule has 12 heteroatoms. The van der Waals surface area contributed by atoms with Crippen LogP contribution in [0.25, 0.3) is 22.3 Å². The highest BCUT2D eigenvalue weighted by atomic mass is 16.5. The van der Waals surface area contributed by atoms with Crippen molar-refractivity contribution in [3.05, 3.63) is 61.3 Å². The molecule has 2 heterocycles. The highest BCUT2D eigenvalue weighted by molar-refractivity contribution is 6.02. The van der Waals surface area contributed by atoms with Gasteiger partial charge in [0.2, 0.25) is 17.8 Å². The van der Waals surface area contributed by atoms with Gasteiger partial charge in [0.05, 0.1) is 35.4 Å². The van der Waals surface area contributed by atoms with E-state index in [1.165, 1.54) is 6.08 Å². The number of nitrogens with one attached hydrogen (secondary N) is 2. The van der Waals surface area contributed by atoms with Crippen LogP contribution in [0, 0.1) is 0 Å². The van der Waals surface area contributed by atoms with E-state index in [0.29, 0.717) is 34.5 Å². The summed E-state index contributed by atoms with van der Waals surface area (Å²) in [5.41, 5.74) is 9.23. The third kappa shape index (κ3) is 6.35. The fourth-order valence-corrected chi connectivity index (χ4v) is 4.16. The number of para-hydroxylation sites is 1. The molecular weight excluding hydrogens is 510 g/mol. The van der Waals surface area contributed by atoms with E-state index in [1.807, 2.05) is 56.4 Å². The maximum absolute atomic E-state index is 12.3. The van der Waals surface area contributed by atoms with Gasteiger partial charge in [0.1, 0.15) is 18.0 Å². The van der Waals surface area contributed by atoms with Crippen molar-refractivity contribution in [2.45, 2.75) is 6.54 Å². The zero-order valence-electron chi connectivity index (χ0n) is 23.0. The van der Waals surface area contributed by atoms with Crippen molar-refractivity contribution in [2.24, 2.45) is 5.73 Å². The Morgan fingerprint density at radius 1 is 1.12 bits per heavy atom. The molecule has 0 aliphatic heterocycles. The van der Waals surface area contributed by atoms with Crippen LogP contribution < -0.4 is 26.0 Å². The maximum Gasteiger partial charge on any atom is 0.247 e. The highest BCUT2D eigenvalue weighted by Crippen LogP contribution is 2.38. The Labute approximate surface area is 232 Å². The molecule has 0 unspecified atom stereocenters. The van der Waals surface area contributed by atoms with E-state index in [2.05, 4.69) is 37.2 Å². The van der Waals surface area contributed by atoms with Gasteiger partial charge in [-0.15, -0.1) is 0 Å². The van der Waals surface area contributed by atoms with E-state index >= 15 is 0 Å². The lowest BCUT2D eigenvalue weighted by Crippen LogP contribution is -2.29. The number of carbonyl (C=O) groups is 2. The number of fused-ring (bicyclic) bond motifs is 1. The van der Waals surface area contributed by atoms with Crippen molar-refractivity contribution in [1.82, 2.24) is 24.6 Å². The van der Waals surface area contributed by atoms with Crippen molar-refractivity contribution in [1.29, 1.82) is 0 Å². The highest BCUT2D eigenvalue weighted by Gasteiger charge is 2.18. The van der Waals surface area contributed by atoms with E-state index < -0.39 is 5.91 Å². The van der Waals surface area contributed by atoms with Gasteiger partial charge in [0.25, 0.3) is 0 Å². The number of primary amides is 1. The Morgan fingerprint density at radius 3 is 2.60 bits per heavy atom. The molecule has 0 spiro atoms. The number of benzene rings is 2. The molecule has 2 aromatic carbocycles. The number of carbonyl (C=O) groups excluding carboxylic acids is 2. The predicted octanol–water partition coefficient (Wildman–Crippen LogP) is 2.85. The predicted molar refractivity (Wildman–Crippen MR) is 157 cm³/mol. The molecule has 4 rings (SSSR count). The molecule has 4 aromatic rings. The number of likely N-dealkylation sites (N-methyl/N-ethyl adjacent to an activating group) is 2. The number of hydrogen-bond acceptors (Lipinski definition) is 9. The number of ether oxygens (including phenoxy) is 1. The minimum Gasteiger partial charge on any atom is -0.494 e. The van der Waals surface area contributed by atoms with E-state index in [9.17, 15) is 9.59 Å². The molecular formula is C28H33N9O3. The van der Waals surface area contributed by atoms with Gasteiger partial charge in [-0.25, -0.2) is 9.97 Å². The van der Waals surface area contributed by atoms with Crippen LogP contribution in [0.3, 0.4) is 0 Å². The molecule has 208 valence electrons. The van der Waals surface area contributed by atoms with Gasteiger partial charge in [-0.2, -0.15) is 5.10 Å². The van der Waals surface area contributed by atoms with Crippen LogP contribution in [0.4, 0.5) is 23.0 Å². The molecule has 40 heavy (non-hydrogen) atoms. The monoisotopic (exact) mass is 543 g/mol. The van der Waals surface area contributed by atoms with Crippen LogP contribution in [-0.2, 0) is 16.1 Å². The molecule has 0 aliphatic carbocycles. The van der Waals surface area contributed by atoms with Crippen LogP contribution in [0.2, 0.25) is 0 Å². The minimum atomic E-state index is -0.493. The molecule has 0 bridgehead atoms. The van der Waals surface area contributed by atoms with Gasteiger partial charge < -0.3 is 30.9 Å². The van der Waals surface area contributed by atoms with Gasteiger partial charge in [-0.3, -0.25) is 14.3 Å². The summed E-state index contributed by atoms with van der Waals surface area (Å²) in [6.45, 7) is 5.05. The molecule has 12 nitrogen and oxygen atoms in total. The zero-order valence-corrected chi connectivity index (χ0v) is 23.0. The van der Waals surface area contributed by atoms with Crippen molar-refractivity contribution < 1.29 is 14.3 Å². The molecule has 0 fully saturated rings. The summed E-state index contributed by atoms with van der Waals surface area (Å²) in [7, 11) is 7.52. The third-order valence-electron chi connectivity index (χ3n) is 6.16.